The standard InChI is InChI=1S/C26H28ClFN2O2S/c1-6-14-29-26(31)23-12-11-22(33-23)17(3)8-10-21-16(2)13-15-30(21)32-19(5)24-18(4)7-9-20(28)25(24)27/h7-13,15,19H,3,6,14H2,1-2,4-5H3,(H,29,31)/b10-8-. The number of hydrogen-bond donors (Lipinski definition) is 1. The van der Waals surface area contributed by atoms with Gasteiger partial charge in [-0.2, -0.15) is 4.73 Å². The Morgan fingerprint density at radius 2 is 1.97 bits per heavy atom. The van der Waals surface area contributed by atoms with E-state index in [4.69, 9.17) is 16.4 Å². The number of allylic oxidation sites excluding steroid dienone is 2. The summed E-state index contributed by atoms with van der Waals surface area (Å²) < 4.78 is 15.6. The molecular weight excluding hydrogens is 459 g/mol. The maximum atomic E-state index is 14.0. The van der Waals surface area contributed by atoms with Crippen LogP contribution in [0.2, 0.25) is 5.02 Å². The molecule has 0 spiro atoms. The van der Waals surface area contributed by atoms with E-state index >= 15 is 0 Å². The monoisotopic (exact) mass is 486 g/mol. The first kappa shape index (κ1) is 24.8. The van der Waals surface area contributed by atoms with E-state index in [1.807, 2.05) is 64.2 Å². The predicted molar refractivity (Wildman–Crippen MR) is 135 cm³/mol. The molecule has 0 aliphatic rings. The van der Waals surface area contributed by atoms with Gasteiger partial charge in [0.15, 0.2) is 0 Å². The van der Waals surface area contributed by atoms with Gasteiger partial charge in [0, 0.05) is 23.2 Å². The third-order valence-electron chi connectivity index (χ3n) is 5.25. The summed E-state index contributed by atoms with van der Waals surface area (Å²) >= 11 is 7.62. The summed E-state index contributed by atoms with van der Waals surface area (Å²) in [4.78, 5) is 19.9. The van der Waals surface area contributed by atoms with Gasteiger partial charge in [0.05, 0.1) is 15.6 Å². The van der Waals surface area contributed by atoms with Crippen LogP contribution in [0.4, 0.5) is 4.39 Å². The van der Waals surface area contributed by atoms with Gasteiger partial charge in [-0.05, 0) is 74.2 Å². The van der Waals surface area contributed by atoms with Crippen molar-refractivity contribution in [2.45, 2.75) is 40.2 Å². The molecule has 1 aromatic carbocycles. The van der Waals surface area contributed by atoms with E-state index in [0.717, 1.165) is 33.7 Å². The molecule has 1 N–H and O–H groups in total. The zero-order valence-electron chi connectivity index (χ0n) is 19.2. The van der Waals surface area contributed by atoms with Crippen molar-refractivity contribution in [1.29, 1.82) is 0 Å². The first-order valence-corrected chi connectivity index (χ1v) is 12.0. The van der Waals surface area contributed by atoms with Crippen LogP contribution in [0, 0.1) is 19.7 Å². The number of aryl methyl sites for hydroxylation is 2. The maximum Gasteiger partial charge on any atom is 0.261 e. The van der Waals surface area contributed by atoms with E-state index in [-0.39, 0.29) is 10.9 Å². The second kappa shape index (κ2) is 10.9. The number of thiophene rings is 1. The molecular formula is C26H28ClFN2O2S. The smallest absolute Gasteiger partial charge is 0.261 e. The first-order valence-electron chi connectivity index (χ1n) is 10.8. The van der Waals surface area contributed by atoms with Gasteiger partial charge in [0.2, 0.25) is 0 Å². The molecule has 0 fully saturated rings. The van der Waals surface area contributed by atoms with Crippen molar-refractivity contribution in [3.8, 4) is 0 Å². The summed E-state index contributed by atoms with van der Waals surface area (Å²) in [6.45, 7) is 12.5. The molecule has 174 valence electrons. The van der Waals surface area contributed by atoms with Gasteiger partial charge in [0.1, 0.15) is 11.9 Å². The van der Waals surface area contributed by atoms with E-state index in [1.54, 1.807) is 10.8 Å². The van der Waals surface area contributed by atoms with Gasteiger partial charge in [-0.15, -0.1) is 11.3 Å². The molecule has 4 nitrogen and oxygen atoms in total. The second-order valence-corrected chi connectivity index (χ2v) is 9.29. The highest BCUT2D eigenvalue weighted by Crippen LogP contribution is 2.30. The average Bonchev–Trinajstić information content (AvgIpc) is 3.41. The zero-order valence-corrected chi connectivity index (χ0v) is 20.8. The summed E-state index contributed by atoms with van der Waals surface area (Å²) in [7, 11) is 0. The summed E-state index contributed by atoms with van der Waals surface area (Å²) in [6.07, 6.45) is 6.06. The number of carbonyl (C=O) groups is 1. The molecule has 0 aliphatic carbocycles. The van der Waals surface area contributed by atoms with Gasteiger partial charge in [-0.1, -0.05) is 37.2 Å². The Bertz CT molecular complexity index is 1200. The second-order valence-electron chi connectivity index (χ2n) is 7.83. The van der Waals surface area contributed by atoms with Crippen LogP contribution < -0.4 is 10.2 Å². The Morgan fingerprint density at radius 1 is 1.24 bits per heavy atom. The Labute approximate surface area is 203 Å². The van der Waals surface area contributed by atoms with Crippen molar-refractivity contribution < 1.29 is 14.0 Å². The van der Waals surface area contributed by atoms with E-state index in [9.17, 15) is 9.18 Å². The van der Waals surface area contributed by atoms with Crippen molar-refractivity contribution in [2.24, 2.45) is 0 Å². The highest BCUT2D eigenvalue weighted by molar-refractivity contribution is 7.15. The number of halogens is 2. The van der Waals surface area contributed by atoms with Crippen molar-refractivity contribution >= 4 is 40.5 Å². The molecule has 0 saturated heterocycles. The SMILES string of the molecule is C=C(/C=C\c1c(C)ccn1OC(C)c1c(C)ccc(F)c1Cl)c1ccc(C(=O)NCCC)s1. The molecule has 7 heteroatoms. The minimum Gasteiger partial charge on any atom is -0.406 e. The van der Waals surface area contributed by atoms with Crippen LogP contribution >= 0.6 is 22.9 Å². The zero-order chi connectivity index (χ0) is 24.1. The predicted octanol–water partition coefficient (Wildman–Crippen LogP) is 7.02. The van der Waals surface area contributed by atoms with E-state index in [0.29, 0.717) is 17.0 Å². The number of nitrogens with zero attached hydrogens (tertiary/aromatic N) is 1. The number of aromatic nitrogens is 1. The van der Waals surface area contributed by atoms with E-state index in [2.05, 4.69) is 11.9 Å². The van der Waals surface area contributed by atoms with Crippen molar-refractivity contribution in [3.05, 3.63) is 92.2 Å². The molecule has 1 amide bonds. The highest BCUT2D eigenvalue weighted by atomic mass is 35.5. The quantitative estimate of drug-likeness (QED) is 0.330. The fourth-order valence-corrected chi connectivity index (χ4v) is 4.66. The van der Waals surface area contributed by atoms with E-state index < -0.39 is 11.9 Å². The highest BCUT2D eigenvalue weighted by Gasteiger charge is 2.19. The summed E-state index contributed by atoms with van der Waals surface area (Å²) in [6, 6.07) is 8.71. The lowest BCUT2D eigenvalue weighted by molar-refractivity contribution is 0.0466. The van der Waals surface area contributed by atoms with Crippen LogP contribution in [0.15, 0.2) is 49.2 Å². The van der Waals surface area contributed by atoms with Crippen molar-refractivity contribution in [2.75, 3.05) is 6.54 Å². The van der Waals surface area contributed by atoms with Gasteiger partial charge < -0.3 is 10.2 Å². The summed E-state index contributed by atoms with van der Waals surface area (Å²) in [5.74, 6) is -0.533. The number of carbonyl (C=O) groups excluding carboxylic acids is 1. The van der Waals surface area contributed by atoms with Crippen LogP contribution in [0.3, 0.4) is 0 Å². The van der Waals surface area contributed by atoms with Gasteiger partial charge >= 0.3 is 0 Å². The van der Waals surface area contributed by atoms with Gasteiger partial charge in [-0.25, -0.2) is 4.39 Å². The Kier molecular flexibility index (Phi) is 8.16. The normalized spacial score (nSPS) is 12.2. The Balaban J connectivity index is 1.76. The van der Waals surface area contributed by atoms with Crippen LogP contribution in [-0.2, 0) is 0 Å². The molecule has 0 saturated carbocycles. The fourth-order valence-electron chi connectivity index (χ4n) is 3.42. The minimum absolute atomic E-state index is 0.0664. The lowest BCUT2D eigenvalue weighted by Crippen LogP contribution is -2.22. The summed E-state index contributed by atoms with van der Waals surface area (Å²) in [5, 5.41) is 2.96. The molecule has 0 radical (unpaired) electrons. The van der Waals surface area contributed by atoms with Crippen molar-refractivity contribution in [3.63, 3.8) is 0 Å². The molecule has 2 aromatic heterocycles. The van der Waals surface area contributed by atoms with Gasteiger partial charge in [0.25, 0.3) is 5.91 Å². The Hall–Kier alpha value is -2.83. The number of hydrogen-bond acceptors (Lipinski definition) is 3. The molecule has 1 unspecified atom stereocenters. The Morgan fingerprint density at radius 3 is 2.70 bits per heavy atom. The van der Waals surface area contributed by atoms with Crippen LogP contribution in [0.5, 0.6) is 0 Å². The number of nitrogens with one attached hydrogen (secondary N) is 1. The van der Waals surface area contributed by atoms with Crippen LogP contribution in [-0.4, -0.2) is 17.2 Å². The number of amides is 1. The van der Waals surface area contributed by atoms with Gasteiger partial charge in [-0.3, -0.25) is 4.79 Å². The lowest BCUT2D eigenvalue weighted by atomic mass is 10.0. The van der Waals surface area contributed by atoms with Crippen LogP contribution in [0.1, 0.15) is 63.3 Å². The first-order chi connectivity index (χ1) is 15.7. The molecule has 0 aliphatic heterocycles. The molecule has 3 aromatic rings. The minimum atomic E-state index is -0.466. The fraction of sp³-hybridized carbons (Fsp3) is 0.269. The topological polar surface area (TPSA) is 43.3 Å². The maximum absolute atomic E-state index is 14.0. The number of rotatable bonds is 9. The molecule has 2 heterocycles. The molecule has 33 heavy (non-hydrogen) atoms. The third kappa shape index (κ3) is 5.75. The molecule has 0 bridgehead atoms. The largest absolute Gasteiger partial charge is 0.406 e. The third-order valence-corrected chi connectivity index (χ3v) is 6.80. The molecule has 1 atom stereocenters. The average molecular weight is 487 g/mol. The number of benzene rings is 1. The van der Waals surface area contributed by atoms with E-state index in [1.165, 1.54) is 17.4 Å². The molecule has 3 rings (SSSR count). The van der Waals surface area contributed by atoms with Crippen LogP contribution in [0.25, 0.3) is 11.6 Å². The van der Waals surface area contributed by atoms with Crippen molar-refractivity contribution in [1.82, 2.24) is 10.0 Å². The lowest BCUT2D eigenvalue weighted by Gasteiger charge is -2.20. The summed E-state index contributed by atoms with van der Waals surface area (Å²) in [5.41, 5.74) is 4.12.